The third kappa shape index (κ3) is 5.63. The Balaban J connectivity index is 2.65. The molecule has 0 aliphatic carbocycles. The number of hydrogen-bond acceptors (Lipinski definition) is 3. The summed E-state index contributed by atoms with van der Waals surface area (Å²) in [4.78, 5) is 4.01. The fourth-order valence-electron chi connectivity index (χ4n) is 1.54. The van der Waals surface area contributed by atoms with E-state index in [1.807, 2.05) is 12.1 Å². The molecule has 0 unspecified atom stereocenters. The van der Waals surface area contributed by atoms with E-state index in [0.29, 0.717) is 0 Å². The lowest BCUT2D eigenvalue weighted by molar-refractivity contribution is 0.726. The van der Waals surface area contributed by atoms with E-state index in [4.69, 9.17) is 18.0 Å². The number of nitrogens with one attached hydrogen (secondary N) is 2. The van der Waals surface area contributed by atoms with Gasteiger partial charge in [0.2, 0.25) is 0 Å². The monoisotopic (exact) mass is 264 g/mol. The predicted octanol–water partition coefficient (Wildman–Crippen LogP) is 2.34. The van der Waals surface area contributed by atoms with Gasteiger partial charge in [-0.05, 0) is 37.2 Å². The number of nitrogens with two attached hydrogens (primary N) is 1. The molecule has 0 atom stereocenters. The van der Waals surface area contributed by atoms with Gasteiger partial charge in [0.25, 0.3) is 0 Å². The molecule has 0 saturated heterocycles. The molecule has 18 heavy (non-hydrogen) atoms. The zero-order valence-corrected chi connectivity index (χ0v) is 11.5. The minimum atomic E-state index is 0.225. The average Bonchev–Trinajstić information content (AvgIpc) is 2.38. The van der Waals surface area contributed by atoms with Gasteiger partial charge in [0.1, 0.15) is 0 Å². The fourth-order valence-corrected chi connectivity index (χ4v) is 1.59. The first-order chi connectivity index (χ1) is 8.74. The zero-order chi connectivity index (χ0) is 13.2. The van der Waals surface area contributed by atoms with Gasteiger partial charge in [-0.15, -0.1) is 0 Å². The molecular formula is C13H20N4S. The van der Waals surface area contributed by atoms with E-state index >= 15 is 0 Å². The van der Waals surface area contributed by atoms with E-state index in [0.717, 1.165) is 17.7 Å². The van der Waals surface area contributed by atoms with Crippen LogP contribution in [0.3, 0.4) is 0 Å². The summed E-state index contributed by atoms with van der Waals surface area (Å²) in [7, 11) is 0. The quantitative estimate of drug-likeness (QED) is 0.401. The van der Waals surface area contributed by atoms with Crippen molar-refractivity contribution in [2.45, 2.75) is 32.6 Å². The summed E-state index contributed by atoms with van der Waals surface area (Å²) in [5.74, 6) is 0. The molecular weight excluding hydrogens is 244 g/mol. The summed E-state index contributed by atoms with van der Waals surface area (Å²) >= 11 is 4.78. The summed E-state index contributed by atoms with van der Waals surface area (Å²) in [6, 6.07) is 3.89. The number of allylic oxidation sites excluding steroid dienone is 1. The molecule has 0 amide bonds. The fraction of sp³-hybridized carbons (Fsp3) is 0.385. The lowest BCUT2D eigenvalue weighted by Crippen LogP contribution is -2.39. The van der Waals surface area contributed by atoms with Crippen molar-refractivity contribution in [3.05, 3.63) is 36.2 Å². The molecule has 0 bridgehead atoms. The van der Waals surface area contributed by atoms with Crippen molar-refractivity contribution in [2.24, 2.45) is 5.73 Å². The van der Waals surface area contributed by atoms with Crippen LogP contribution in [0.5, 0.6) is 0 Å². The van der Waals surface area contributed by atoms with Crippen molar-refractivity contribution < 1.29 is 0 Å². The van der Waals surface area contributed by atoms with Gasteiger partial charge in [0.15, 0.2) is 5.11 Å². The van der Waals surface area contributed by atoms with E-state index in [-0.39, 0.29) is 5.11 Å². The number of nitrogens with zero attached hydrogens (tertiary/aromatic N) is 1. The third-order valence-electron chi connectivity index (χ3n) is 2.47. The normalized spacial score (nSPS) is 11.1. The van der Waals surface area contributed by atoms with Crippen molar-refractivity contribution in [3.8, 4) is 0 Å². The molecule has 1 heterocycles. The van der Waals surface area contributed by atoms with Gasteiger partial charge in [0, 0.05) is 18.0 Å². The van der Waals surface area contributed by atoms with Gasteiger partial charge in [-0.3, -0.25) is 15.8 Å². The summed E-state index contributed by atoms with van der Waals surface area (Å²) < 4.78 is 0. The van der Waals surface area contributed by atoms with Gasteiger partial charge < -0.3 is 5.73 Å². The van der Waals surface area contributed by atoms with E-state index in [1.165, 1.54) is 19.3 Å². The minimum absolute atomic E-state index is 0.225. The minimum Gasteiger partial charge on any atom is -0.375 e. The highest BCUT2D eigenvalue weighted by molar-refractivity contribution is 7.80. The van der Waals surface area contributed by atoms with Gasteiger partial charge in [-0.25, -0.2) is 0 Å². The van der Waals surface area contributed by atoms with Gasteiger partial charge in [0.05, 0.1) is 5.70 Å². The number of rotatable bonds is 7. The molecule has 0 spiro atoms. The van der Waals surface area contributed by atoms with Crippen LogP contribution in [-0.2, 0) is 0 Å². The van der Waals surface area contributed by atoms with Crippen molar-refractivity contribution in [1.29, 1.82) is 0 Å². The summed E-state index contributed by atoms with van der Waals surface area (Å²) in [6.07, 6.45) is 10.3. The van der Waals surface area contributed by atoms with Crippen molar-refractivity contribution in [1.82, 2.24) is 15.8 Å². The number of thiocarbonyl (C=S) groups is 1. The molecule has 0 aromatic carbocycles. The maximum Gasteiger partial charge on any atom is 0.182 e. The predicted molar refractivity (Wildman–Crippen MR) is 79.4 cm³/mol. The van der Waals surface area contributed by atoms with Gasteiger partial charge >= 0.3 is 0 Å². The largest absolute Gasteiger partial charge is 0.375 e. The Morgan fingerprint density at radius 1 is 1.33 bits per heavy atom. The van der Waals surface area contributed by atoms with Crippen molar-refractivity contribution >= 4 is 23.0 Å². The Hall–Kier alpha value is -1.62. The molecule has 0 aliphatic rings. The van der Waals surface area contributed by atoms with E-state index < -0.39 is 0 Å². The van der Waals surface area contributed by atoms with Gasteiger partial charge in [-0.2, -0.15) is 0 Å². The van der Waals surface area contributed by atoms with E-state index in [2.05, 4.69) is 28.8 Å². The second-order valence-corrected chi connectivity index (χ2v) is 4.40. The lowest BCUT2D eigenvalue weighted by Gasteiger charge is -2.12. The van der Waals surface area contributed by atoms with Gasteiger partial charge in [-0.1, -0.05) is 25.8 Å². The Kier molecular flexibility index (Phi) is 6.79. The molecule has 1 aromatic heterocycles. The number of hydrazine groups is 1. The van der Waals surface area contributed by atoms with Crippen LogP contribution in [0.15, 0.2) is 30.6 Å². The molecule has 4 N–H and O–H groups in total. The van der Waals surface area contributed by atoms with Crippen LogP contribution in [0.4, 0.5) is 0 Å². The van der Waals surface area contributed by atoms with Crippen LogP contribution in [0.2, 0.25) is 0 Å². The highest BCUT2D eigenvalue weighted by Crippen LogP contribution is 2.11. The highest BCUT2D eigenvalue weighted by Gasteiger charge is 2.00. The smallest absolute Gasteiger partial charge is 0.182 e. The second-order valence-electron chi connectivity index (χ2n) is 3.96. The van der Waals surface area contributed by atoms with Crippen LogP contribution in [0, 0.1) is 0 Å². The summed E-state index contributed by atoms with van der Waals surface area (Å²) in [5.41, 5.74) is 13.2. The van der Waals surface area contributed by atoms with Crippen LogP contribution in [-0.4, -0.2) is 10.1 Å². The number of pyridine rings is 1. The van der Waals surface area contributed by atoms with E-state index in [9.17, 15) is 0 Å². The standard InChI is InChI=1S/C13H20N4S/c1-2-3-4-5-6-12(16-17-13(14)18)11-7-9-15-10-8-11/h6-10,16H,2-5H2,1H3,(H3,14,17,18)/b12-6-. The van der Waals surface area contributed by atoms with Crippen LogP contribution in [0.25, 0.3) is 5.70 Å². The molecule has 0 saturated carbocycles. The highest BCUT2D eigenvalue weighted by atomic mass is 32.1. The molecule has 5 heteroatoms. The second kappa shape index (κ2) is 8.47. The van der Waals surface area contributed by atoms with Crippen LogP contribution < -0.4 is 16.6 Å². The SMILES string of the molecule is CCCCC/C=C(\NNC(N)=S)c1ccncc1. The molecule has 98 valence electrons. The molecule has 0 fully saturated rings. The summed E-state index contributed by atoms with van der Waals surface area (Å²) in [5, 5.41) is 0.225. The molecule has 1 rings (SSSR count). The molecule has 4 nitrogen and oxygen atoms in total. The average molecular weight is 264 g/mol. The number of unbranched alkanes of at least 4 members (excludes halogenated alkanes) is 3. The first-order valence-electron chi connectivity index (χ1n) is 6.16. The van der Waals surface area contributed by atoms with E-state index in [1.54, 1.807) is 12.4 Å². The Labute approximate surface area is 114 Å². The van der Waals surface area contributed by atoms with Crippen LogP contribution >= 0.6 is 12.2 Å². The van der Waals surface area contributed by atoms with Crippen molar-refractivity contribution in [3.63, 3.8) is 0 Å². The Bertz CT molecular complexity index is 389. The number of hydrogen-bond donors (Lipinski definition) is 3. The maximum atomic E-state index is 5.41. The first kappa shape index (κ1) is 14.4. The summed E-state index contributed by atoms with van der Waals surface area (Å²) in [6.45, 7) is 2.19. The maximum absolute atomic E-state index is 5.41. The molecule has 1 aromatic rings. The first-order valence-corrected chi connectivity index (χ1v) is 6.57. The third-order valence-corrected chi connectivity index (χ3v) is 2.57. The zero-order valence-electron chi connectivity index (χ0n) is 10.6. The lowest BCUT2D eigenvalue weighted by atomic mass is 10.1. The Morgan fingerprint density at radius 3 is 2.67 bits per heavy atom. The van der Waals surface area contributed by atoms with Crippen molar-refractivity contribution in [2.75, 3.05) is 0 Å². The molecule has 0 aliphatic heterocycles. The Morgan fingerprint density at radius 2 is 2.06 bits per heavy atom. The molecule has 0 radical (unpaired) electrons. The number of aromatic nitrogens is 1. The topological polar surface area (TPSA) is 63.0 Å². The van der Waals surface area contributed by atoms with Crippen LogP contribution in [0.1, 0.15) is 38.2 Å².